The second-order valence-corrected chi connectivity index (χ2v) is 4.74. The molecule has 0 atom stereocenters. The first kappa shape index (κ1) is 11.6. The molecule has 0 aliphatic carbocycles. The monoisotopic (exact) mass is 279 g/mol. The molecule has 1 aromatic heterocycles. The van der Waals surface area contributed by atoms with Crippen LogP contribution in [-0.4, -0.2) is 10.1 Å². The first-order valence-electron chi connectivity index (χ1n) is 5.35. The maximum absolute atomic E-state index is 9.41. The van der Waals surface area contributed by atoms with Gasteiger partial charge in [-0.1, -0.05) is 22.9 Å². The van der Waals surface area contributed by atoms with Gasteiger partial charge in [-0.05, 0) is 37.1 Å². The van der Waals surface area contributed by atoms with Gasteiger partial charge in [0.2, 0.25) is 0 Å². The molecule has 2 rings (SSSR count). The van der Waals surface area contributed by atoms with E-state index in [9.17, 15) is 5.11 Å². The van der Waals surface area contributed by atoms with Crippen molar-refractivity contribution in [2.45, 2.75) is 26.9 Å². The smallest absolute Gasteiger partial charge is 0.0708 e. The molecule has 16 heavy (non-hydrogen) atoms. The number of aliphatic hydroxyl groups is 1. The minimum Gasteiger partial charge on any atom is -0.392 e. The van der Waals surface area contributed by atoms with Crippen LogP contribution in [0, 0.1) is 6.92 Å². The van der Waals surface area contributed by atoms with Gasteiger partial charge in [-0.15, -0.1) is 0 Å². The van der Waals surface area contributed by atoms with E-state index in [4.69, 9.17) is 0 Å². The zero-order valence-electron chi connectivity index (χ0n) is 9.42. The zero-order valence-corrected chi connectivity index (χ0v) is 11.0. The molecule has 1 aromatic carbocycles. The summed E-state index contributed by atoms with van der Waals surface area (Å²) >= 11 is 3.47. The van der Waals surface area contributed by atoms with Crippen LogP contribution in [0.25, 0.3) is 10.9 Å². The van der Waals surface area contributed by atoms with Crippen molar-refractivity contribution >= 4 is 26.8 Å². The van der Waals surface area contributed by atoms with Crippen LogP contribution in [0.5, 0.6) is 0 Å². The van der Waals surface area contributed by atoms with E-state index in [2.05, 4.69) is 33.9 Å². The Hall–Kier alpha value is -0.930. The predicted octanol–water partition coefficient (Wildman–Crippen LogP) is 3.36. The summed E-state index contributed by atoms with van der Waals surface area (Å²) in [6, 6.07) is 6.07. The summed E-state index contributed by atoms with van der Waals surface area (Å²) in [5.74, 6) is 0. The van der Waals surface area contributed by atoms with Gasteiger partial charge in [0.05, 0.1) is 12.1 Å². The quantitative estimate of drug-likeness (QED) is 0.915. The van der Waals surface area contributed by atoms with Crippen molar-refractivity contribution in [3.05, 3.63) is 39.5 Å². The van der Waals surface area contributed by atoms with Crippen LogP contribution in [-0.2, 0) is 13.0 Å². The lowest BCUT2D eigenvalue weighted by Gasteiger charge is -2.12. The van der Waals surface area contributed by atoms with Crippen molar-refractivity contribution < 1.29 is 5.11 Å². The Morgan fingerprint density at radius 1 is 1.31 bits per heavy atom. The minimum absolute atomic E-state index is 0.0600. The van der Waals surface area contributed by atoms with E-state index in [-0.39, 0.29) is 6.61 Å². The summed E-state index contributed by atoms with van der Waals surface area (Å²) in [4.78, 5) is 4.52. The van der Waals surface area contributed by atoms with Crippen LogP contribution < -0.4 is 0 Å². The van der Waals surface area contributed by atoms with Crippen molar-refractivity contribution in [1.82, 2.24) is 4.98 Å². The summed E-state index contributed by atoms with van der Waals surface area (Å²) in [6.45, 7) is 4.12. The third kappa shape index (κ3) is 1.85. The average molecular weight is 280 g/mol. The van der Waals surface area contributed by atoms with Crippen molar-refractivity contribution in [3.8, 4) is 0 Å². The van der Waals surface area contributed by atoms with Gasteiger partial charge in [-0.25, -0.2) is 0 Å². The molecule has 0 spiro atoms. The van der Waals surface area contributed by atoms with E-state index in [0.29, 0.717) is 0 Å². The first-order valence-corrected chi connectivity index (χ1v) is 6.15. The summed E-state index contributed by atoms with van der Waals surface area (Å²) < 4.78 is 1.05. The van der Waals surface area contributed by atoms with E-state index < -0.39 is 0 Å². The number of halogens is 1. The molecule has 0 aliphatic heterocycles. The summed E-state index contributed by atoms with van der Waals surface area (Å²) in [7, 11) is 0. The Balaban J connectivity index is 2.86. The number of hydrogen-bond donors (Lipinski definition) is 1. The lowest BCUT2D eigenvalue weighted by molar-refractivity contribution is 0.279. The molecule has 0 radical (unpaired) electrons. The molecular weight excluding hydrogens is 266 g/mol. The maximum atomic E-state index is 9.41. The summed E-state index contributed by atoms with van der Waals surface area (Å²) in [5.41, 5.74) is 4.09. The first-order chi connectivity index (χ1) is 7.67. The minimum atomic E-state index is 0.0600. The van der Waals surface area contributed by atoms with E-state index in [1.54, 1.807) is 0 Å². The molecular formula is C13H14BrNO. The van der Waals surface area contributed by atoms with E-state index >= 15 is 0 Å². The molecule has 0 amide bonds. The third-order valence-corrected chi connectivity index (χ3v) is 3.38. The molecule has 3 heteroatoms. The van der Waals surface area contributed by atoms with Crippen LogP contribution in [0.3, 0.4) is 0 Å². The van der Waals surface area contributed by atoms with Crippen molar-refractivity contribution in [2.75, 3.05) is 0 Å². The standard InChI is InChI=1S/C13H14BrNO/c1-3-10-11-6-9(14)4-5-13(11)15-8(2)12(10)7-16/h4-6,16H,3,7H2,1-2H3. The van der Waals surface area contributed by atoms with Gasteiger partial charge in [0.25, 0.3) is 0 Å². The Kier molecular flexibility index (Phi) is 3.26. The van der Waals surface area contributed by atoms with E-state index in [1.165, 1.54) is 5.56 Å². The maximum Gasteiger partial charge on any atom is 0.0708 e. The highest BCUT2D eigenvalue weighted by atomic mass is 79.9. The second-order valence-electron chi connectivity index (χ2n) is 3.83. The normalized spacial score (nSPS) is 11.0. The Morgan fingerprint density at radius 3 is 2.69 bits per heavy atom. The van der Waals surface area contributed by atoms with Crippen molar-refractivity contribution in [1.29, 1.82) is 0 Å². The van der Waals surface area contributed by atoms with Gasteiger partial charge in [-0.2, -0.15) is 0 Å². The molecule has 84 valence electrons. The number of rotatable bonds is 2. The molecule has 0 bridgehead atoms. The Bertz CT molecular complexity index is 537. The molecule has 2 aromatic rings. The molecule has 1 N–H and O–H groups in total. The predicted molar refractivity (Wildman–Crippen MR) is 69.5 cm³/mol. The molecule has 1 heterocycles. The van der Waals surface area contributed by atoms with E-state index in [0.717, 1.165) is 33.1 Å². The molecule has 0 saturated heterocycles. The van der Waals surface area contributed by atoms with Gasteiger partial charge >= 0.3 is 0 Å². The fourth-order valence-corrected chi connectivity index (χ4v) is 2.45. The molecule has 0 unspecified atom stereocenters. The molecule has 0 aliphatic rings. The van der Waals surface area contributed by atoms with Gasteiger partial charge in [0.1, 0.15) is 0 Å². The average Bonchev–Trinajstić information content (AvgIpc) is 2.28. The van der Waals surface area contributed by atoms with Crippen LogP contribution >= 0.6 is 15.9 Å². The number of aromatic nitrogens is 1. The van der Waals surface area contributed by atoms with Crippen molar-refractivity contribution in [2.24, 2.45) is 0 Å². The summed E-state index contributed by atoms with van der Waals surface area (Å²) in [6.07, 6.45) is 0.909. The van der Waals surface area contributed by atoms with Crippen LogP contribution in [0.2, 0.25) is 0 Å². The number of pyridine rings is 1. The van der Waals surface area contributed by atoms with Crippen molar-refractivity contribution in [3.63, 3.8) is 0 Å². The largest absolute Gasteiger partial charge is 0.392 e. The van der Waals surface area contributed by atoms with Crippen LogP contribution in [0.1, 0.15) is 23.7 Å². The number of fused-ring (bicyclic) bond motifs is 1. The van der Waals surface area contributed by atoms with Crippen LogP contribution in [0.4, 0.5) is 0 Å². The molecule has 0 saturated carbocycles. The Labute approximate surface area is 103 Å². The number of benzene rings is 1. The fraction of sp³-hybridized carbons (Fsp3) is 0.308. The zero-order chi connectivity index (χ0) is 11.7. The number of hydrogen-bond acceptors (Lipinski definition) is 2. The summed E-state index contributed by atoms with van der Waals surface area (Å²) in [5, 5.41) is 10.5. The second kappa shape index (κ2) is 4.52. The van der Waals surface area contributed by atoms with Crippen LogP contribution in [0.15, 0.2) is 22.7 Å². The highest BCUT2D eigenvalue weighted by Crippen LogP contribution is 2.26. The SMILES string of the molecule is CCc1c(CO)c(C)nc2ccc(Br)cc12. The Morgan fingerprint density at radius 2 is 2.06 bits per heavy atom. The van der Waals surface area contributed by atoms with Gasteiger partial charge in [0, 0.05) is 21.1 Å². The topological polar surface area (TPSA) is 33.1 Å². The molecule has 2 nitrogen and oxygen atoms in total. The van der Waals surface area contributed by atoms with Gasteiger partial charge in [-0.3, -0.25) is 4.98 Å². The number of aliphatic hydroxyl groups excluding tert-OH is 1. The third-order valence-electron chi connectivity index (χ3n) is 2.88. The molecule has 0 fully saturated rings. The van der Waals surface area contributed by atoms with E-state index in [1.807, 2.05) is 19.1 Å². The fourth-order valence-electron chi connectivity index (χ4n) is 2.09. The lowest BCUT2D eigenvalue weighted by Crippen LogP contribution is -2.01. The highest BCUT2D eigenvalue weighted by Gasteiger charge is 2.10. The highest BCUT2D eigenvalue weighted by molar-refractivity contribution is 9.10. The number of aryl methyl sites for hydroxylation is 2. The number of nitrogens with zero attached hydrogens (tertiary/aromatic N) is 1. The van der Waals surface area contributed by atoms with Gasteiger partial charge in [0.15, 0.2) is 0 Å². The lowest BCUT2D eigenvalue weighted by atomic mass is 9.99. The van der Waals surface area contributed by atoms with Gasteiger partial charge < -0.3 is 5.11 Å².